The van der Waals surface area contributed by atoms with Gasteiger partial charge in [-0.2, -0.15) is 5.10 Å². The Morgan fingerprint density at radius 3 is 2.61 bits per heavy atom. The average molecular weight is 417 g/mol. The molecule has 9 heteroatoms. The Hall–Kier alpha value is -2.35. The number of alkyl halides is 4. The Morgan fingerprint density at radius 2 is 2.04 bits per heavy atom. The van der Waals surface area contributed by atoms with Gasteiger partial charge in [0.2, 0.25) is 0 Å². The molecule has 1 aliphatic rings. The van der Waals surface area contributed by atoms with Crippen LogP contribution in [0.3, 0.4) is 0 Å². The van der Waals surface area contributed by atoms with Crippen LogP contribution in [-0.2, 0) is 11.3 Å². The van der Waals surface area contributed by atoms with E-state index in [1.807, 2.05) is 0 Å². The number of hydrogen-bond acceptors (Lipinski definition) is 3. The van der Waals surface area contributed by atoms with Crippen LogP contribution in [0.5, 0.6) is 5.75 Å². The summed E-state index contributed by atoms with van der Waals surface area (Å²) in [6.45, 7) is -0.243. The quantitative estimate of drug-likeness (QED) is 0.424. The molecule has 0 aliphatic heterocycles. The molecule has 1 heterocycles. The smallest absolute Gasteiger partial charge is 0.283 e. The van der Waals surface area contributed by atoms with Gasteiger partial charge in [0.1, 0.15) is 17.1 Å². The van der Waals surface area contributed by atoms with Gasteiger partial charge in [0.05, 0.1) is 18.7 Å². The minimum absolute atomic E-state index is 0.0396. The number of methoxy groups -OCH3 is 1. The van der Waals surface area contributed by atoms with E-state index in [1.54, 1.807) is 24.3 Å². The van der Waals surface area contributed by atoms with E-state index in [-0.39, 0.29) is 18.2 Å². The fourth-order valence-electron chi connectivity index (χ4n) is 2.81. The molecule has 0 radical (unpaired) electrons. The normalized spacial score (nSPS) is 14.4. The molecule has 150 valence electrons. The van der Waals surface area contributed by atoms with E-state index in [2.05, 4.69) is 5.10 Å². The Morgan fingerprint density at radius 1 is 1.32 bits per heavy atom. The molecule has 0 saturated heterocycles. The lowest BCUT2D eigenvalue weighted by Gasteiger charge is -2.12. The van der Waals surface area contributed by atoms with Crippen molar-refractivity contribution in [1.82, 2.24) is 9.78 Å². The third-order valence-electron chi connectivity index (χ3n) is 4.41. The maximum Gasteiger partial charge on any atom is 0.283 e. The Kier molecular flexibility index (Phi) is 6.07. The van der Waals surface area contributed by atoms with Gasteiger partial charge >= 0.3 is 0 Å². The van der Waals surface area contributed by atoms with Gasteiger partial charge in [0, 0.05) is 11.5 Å². The van der Waals surface area contributed by atoms with E-state index in [0.29, 0.717) is 16.9 Å². The summed E-state index contributed by atoms with van der Waals surface area (Å²) in [6.07, 6.45) is -1.26. The van der Waals surface area contributed by atoms with Gasteiger partial charge < -0.3 is 4.74 Å². The molecule has 1 aromatic carbocycles. The van der Waals surface area contributed by atoms with Gasteiger partial charge in [-0.3, -0.25) is 9.48 Å². The van der Waals surface area contributed by atoms with Gasteiger partial charge in [0.15, 0.2) is 5.78 Å². The van der Waals surface area contributed by atoms with E-state index in [4.69, 9.17) is 16.3 Å². The number of carbonyl (C=O) groups excluding carboxylic acids is 1. The number of allylic oxidation sites excluding steroid dienone is 1. The molecule has 0 atom stereocenters. The lowest BCUT2D eigenvalue weighted by atomic mass is 10.1. The average Bonchev–Trinajstić information content (AvgIpc) is 3.43. The van der Waals surface area contributed by atoms with Crippen molar-refractivity contribution in [1.29, 1.82) is 0 Å². The Labute approximate surface area is 163 Å². The predicted octanol–water partition coefficient (Wildman–Crippen LogP) is 5.46. The van der Waals surface area contributed by atoms with E-state index < -0.39 is 29.3 Å². The highest BCUT2D eigenvalue weighted by Gasteiger charge is 2.29. The second kappa shape index (κ2) is 8.34. The molecule has 0 amide bonds. The van der Waals surface area contributed by atoms with Crippen molar-refractivity contribution in [3.63, 3.8) is 0 Å². The van der Waals surface area contributed by atoms with Crippen LogP contribution in [0.2, 0.25) is 5.02 Å². The number of rotatable bonds is 8. The van der Waals surface area contributed by atoms with Crippen molar-refractivity contribution in [3.05, 3.63) is 51.8 Å². The predicted molar refractivity (Wildman–Crippen MR) is 96.0 cm³/mol. The van der Waals surface area contributed by atoms with Crippen LogP contribution in [0.1, 0.15) is 48.2 Å². The first kappa shape index (κ1) is 20.4. The summed E-state index contributed by atoms with van der Waals surface area (Å²) in [5.74, 6) is 0.496. The molecule has 1 aliphatic carbocycles. The molecule has 0 N–H and O–H groups in total. The summed E-state index contributed by atoms with van der Waals surface area (Å²) in [6, 6.07) is 4.94. The molecular formula is C19H17ClF4N2O2. The second-order valence-electron chi connectivity index (χ2n) is 6.42. The number of ketones is 1. The first-order chi connectivity index (χ1) is 13.3. The van der Waals surface area contributed by atoms with E-state index >= 15 is 0 Å². The van der Waals surface area contributed by atoms with Crippen LogP contribution >= 0.6 is 11.6 Å². The minimum atomic E-state index is -3.07. The zero-order valence-electron chi connectivity index (χ0n) is 14.8. The number of carbonyl (C=O) groups is 1. The number of ether oxygens (including phenoxy) is 1. The molecule has 0 bridgehead atoms. The van der Waals surface area contributed by atoms with Gasteiger partial charge in [0.25, 0.3) is 12.9 Å². The summed E-state index contributed by atoms with van der Waals surface area (Å²) in [4.78, 5) is 11.8. The van der Waals surface area contributed by atoms with E-state index in [1.165, 1.54) is 13.2 Å². The topological polar surface area (TPSA) is 44.1 Å². The molecule has 3 rings (SSSR count). The molecule has 1 fully saturated rings. The van der Waals surface area contributed by atoms with Crippen molar-refractivity contribution in [2.75, 3.05) is 7.11 Å². The highest BCUT2D eigenvalue weighted by molar-refractivity contribution is 6.32. The molecular weight excluding hydrogens is 400 g/mol. The number of halogens is 5. The van der Waals surface area contributed by atoms with Gasteiger partial charge in [-0.1, -0.05) is 23.7 Å². The van der Waals surface area contributed by atoms with Crippen LogP contribution < -0.4 is 4.74 Å². The maximum atomic E-state index is 13.4. The highest BCUT2D eigenvalue weighted by Crippen LogP contribution is 2.35. The van der Waals surface area contributed by atoms with Crippen LogP contribution in [0.4, 0.5) is 17.6 Å². The molecule has 0 unspecified atom stereocenters. The molecule has 1 saturated carbocycles. The number of nitrogens with zero attached hydrogens (tertiary/aromatic N) is 2. The van der Waals surface area contributed by atoms with Crippen LogP contribution in [0.25, 0.3) is 6.08 Å². The fraction of sp³-hybridized carbons (Fsp3) is 0.368. The number of hydrogen-bond donors (Lipinski definition) is 0. The van der Waals surface area contributed by atoms with Crippen molar-refractivity contribution < 1.29 is 27.1 Å². The third kappa shape index (κ3) is 4.38. The van der Waals surface area contributed by atoms with Crippen LogP contribution in [-0.4, -0.2) is 22.7 Å². The maximum absolute atomic E-state index is 13.4. The largest absolute Gasteiger partial charge is 0.496 e. The zero-order valence-corrected chi connectivity index (χ0v) is 15.6. The first-order valence-corrected chi connectivity index (χ1v) is 8.90. The number of benzene rings is 1. The molecule has 4 nitrogen and oxygen atoms in total. The van der Waals surface area contributed by atoms with Crippen LogP contribution in [0.15, 0.2) is 24.3 Å². The highest BCUT2D eigenvalue weighted by atomic mass is 35.5. The summed E-state index contributed by atoms with van der Waals surface area (Å²) in [5, 5.41) is 2.82. The molecule has 1 aromatic heterocycles. The SMILES string of the molecule is COc1ccc(/C=C/C(=O)C2CC2)cc1Cn1nc(C(F)F)c(Cl)c1C(F)F. The standard InChI is InChI=1S/C19H17ClF4N2O2/c1-28-14-7-3-10(2-6-13(27)11-4-5-11)8-12(14)9-26-17(19(23)24)15(20)16(25-26)18(21)22/h2-3,6-8,11,18-19H,4-5,9H2,1H3/b6-2+. The summed E-state index contributed by atoms with van der Waals surface area (Å²) in [5.41, 5.74) is -0.577. The van der Waals surface area contributed by atoms with E-state index in [0.717, 1.165) is 17.5 Å². The monoisotopic (exact) mass is 416 g/mol. The summed E-state index contributed by atoms with van der Waals surface area (Å²) in [7, 11) is 1.40. The van der Waals surface area contributed by atoms with E-state index in [9.17, 15) is 22.4 Å². The number of aromatic nitrogens is 2. The third-order valence-corrected chi connectivity index (χ3v) is 4.80. The summed E-state index contributed by atoms with van der Waals surface area (Å²) >= 11 is 5.69. The minimum Gasteiger partial charge on any atom is -0.496 e. The van der Waals surface area contributed by atoms with Crippen LogP contribution in [0, 0.1) is 5.92 Å². The first-order valence-electron chi connectivity index (χ1n) is 8.53. The Bertz CT molecular complexity index is 908. The van der Waals surface area contributed by atoms with Gasteiger partial charge in [-0.05, 0) is 36.6 Å². The van der Waals surface area contributed by atoms with Crippen molar-refractivity contribution in [2.24, 2.45) is 5.92 Å². The molecule has 28 heavy (non-hydrogen) atoms. The lowest BCUT2D eigenvalue weighted by Crippen LogP contribution is -2.08. The fourth-order valence-corrected chi connectivity index (χ4v) is 3.11. The van der Waals surface area contributed by atoms with Crippen molar-refractivity contribution >= 4 is 23.5 Å². The van der Waals surface area contributed by atoms with Crippen molar-refractivity contribution in [3.8, 4) is 5.75 Å². The summed E-state index contributed by atoms with van der Waals surface area (Å²) < 4.78 is 58.7. The zero-order chi connectivity index (χ0) is 20.4. The Balaban J connectivity index is 1.93. The lowest BCUT2D eigenvalue weighted by molar-refractivity contribution is -0.115. The molecule has 2 aromatic rings. The second-order valence-corrected chi connectivity index (χ2v) is 6.80. The molecule has 0 spiro atoms. The van der Waals surface area contributed by atoms with Gasteiger partial charge in [-0.15, -0.1) is 0 Å². The van der Waals surface area contributed by atoms with Gasteiger partial charge in [-0.25, -0.2) is 17.6 Å². The van der Waals surface area contributed by atoms with Crippen molar-refractivity contribution in [2.45, 2.75) is 32.2 Å².